The maximum atomic E-state index is 12.7. The van der Waals surface area contributed by atoms with Crippen LogP contribution in [0.15, 0.2) is 41.4 Å². The molecule has 0 radical (unpaired) electrons. The third-order valence-electron chi connectivity index (χ3n) is 4.15. The minimum absolute atomic E-state index is 0.136. The van der Waals surface area contributed by atoms with Gasteiger partial charge in [-0.25, -0.2) is 9.97 Å². The predicted octanol–water partition coefficient (Wildman–Crippen LogP) is 4.70. The van der Waals surface area contributed by atoms with Gasteiger partial charge in [0.2, 0.25) is 5.91 Å². The van der Waals surface area contributed by atoms with Gasteiger partial charge in [-0.3, -0.25) is 4.79 Å². The van der Waals surface area contributed by atoms with E-state index in [0.29, 0.717) is 18.8 Å². The molecular weight excluding hydrogens is 362 g/mol. The number of amides is 1. The molecule has 0 unspecified atom stereocenters. The number of hydrogen-bond donors (Lipinski definition) is 0. The van der Waals surface area contributed by atoms with Crippen LogP contribution >= 0.6 is 23.1 Å². The molecule has 0 spiro atoms. The molecule has 0 saturated heterocycles. The van der Waals surface area contributed by atoms with Gasteiger partial charge in [0.05, 0.1) is 5.75 Å². The van der Waals surface area contributed by atoms with Crippen molar-refractivity contribution in [3.8, 4) is 0 Å². The Balaban J connectivity index is 1.72. The minimum Gasteiger partial charge on any atom is -0.338 e. The molecule has 0 fully saturated rings. The second-order valence-corrected chi connectivity index (χ2v) is 8.12. The molecule has 3 aromatic rings. The maximum Gasteiger partial charge on any atom is 0.233 e. The smallest absolute Gasteiger partial charge is 0.233 e. The van der Waals surface area contributed by atoms with E-state index < -0.39 is 0 Å². The average Bonchev–Trinajstić information content (AvgIpc) is 3.07. The molecule has 0 N–H and O–H groups in total. The number of thiophene rings is 1. The largest absolute Gasteiger partial charge is 0.338 e. The molecule has 0 aliphatic carbocycles. The van der Waals surface area contributed by atoms with Crippen molar-refractivity contribution < 1.29 is 4.79 Å². The molecule has 1 aromatic carbocycles. The summed E-state index contributed by atoms with van der Waals surface area (Å²) in [6.45, 7) is 7.41. The van der Waals surface area contributed by atoms with E-state index in [1.165, 1.54) is 16.6 Å². The highest BCUT2D eigenvalue weighted by Crippen LogP contribution is 2.31. The number of carbonyl (C=O) groups is 1. The third-order valence-corrected chi connectivity index (χ3v) is 6.30. The van der Waals surface area contributed by atoms with Gasteiger partial charge in [-0.1, -0.05) is 49.0 Å². The SMILES string of the molecule is CCc1cc2c(SCC(=O)N(CC)Cc3ccccc3)nc(C)nc2s1. The van der Waals surface area contributed by atoms with E-state index in [1.54, 1.807) is 11.3 Å². The first-order chi connectivity index (χ1) is 12.6. The van der Waals surface area contributed by atoms with Crippen LogP contribution in [0.2, 0.25) is 0 Å². The monoisotopic (exact) mass is 385 g/mol. The number of nitrogens with zero attached hydrogens (tertiary/aromatic N) is 3. The van der Waals surface area contributed by atoms with Crippen LogP contribution < -0.4 is 0 Å². The molecular formula is C20H23N3OS2. The van der Waals surface area contributed by atoms with Crippen LogP contribution in [-0.2, 0) is 17.8 Å². The van der Waals surface area contributed by atoms with Crippen molar-refractivity contribution in [2.75, 3.05) is 12.3 Å². The van der Waals surface area contributed by atoms with Gasteiger partial charge >= 0.3 is 0 Å². The summed E-state index contributed by atoms with van der Waals surface area (Å²) < 4.78 is 0. The Morgan fingerprint density at radius 3 is 2.65 bits per heavy atom. The van der Waals surface area contributed by atoms with Crippen molar-refractivity contribution in [3.63, 3.8) is 0 Å². The van der Waals surface area contributed by atoms with Gasteiger partial charge in [-0.15, -0.1) is 11.3 Å². The lowest BCUT2D eigenvalue weighted by Crippen LogP contribution is -2.31. The number of thioether (sulfide) groups is 1. The fourth-order valence-corrected chi connectivity index (χ4v) is 4.76. The van der Waals surface area contributed by atoms with Gasteiger partial charge in [0.1, 0.15) is 15.7 Å². The van der Waals surface area contributed by atoms with Crippen LogP contribution in [0.5, 0.6) is 0 Å². The summed E-state index contributed by atoms with van der Waals surface area (Å²) in [4.78, 5) is 26.0. The van der Waals surface area contributed by atoms with Crippen LogP contribution in [0.25, 0.3) is 10.2 Å². The zero-order chi connectivity index (χ0) is 18.5. The summed E-state index contributed by atoms with van der Waals surface area (Å²) >= 11 is 3.23. The van der Waals surface area contributed by atoms with Crippen LogP contribution in [-0.4, -0.2) is 33.1 Å². The lowest BCUT2D eigenvalue weighted by Gasteiger charge is -2.20. The van der Waals surface area contributed by atoms with E-state index in [-0.39, 0.29) is 5.91 Å². The third kappa shape index (κ3) is 4.43. The number of benzene rings is 1. The molecule has 0 atom stereocenters. The van der Waals surface area contributed by atoms with E-state index in [2.05, 4.69) is 35.1 Å². The topological polar surface area (TPSA) is 46.1 Å². The molecule has 26 heavy (non-hydrogen) atoms. The first-order valence-corrected chi connectivity index (χ1v) is 10.6. The Bertz CT molecular complexity index is 893. The Kier molecular flexibility index (Phi) is 6.27. The summed E-state index contributed by atoms with van der Waals surface area (Å²) in [7, 11) is 0. The fraction of sp³-hybridized carbons (Fsp3) is 0.350. The van der Waals surface area contributed by atoms with E-state index in [4.69, 9.17) is 0 Å². The quantitative estimate of drug-likeness (QED) is 0.437. The van der Waals surface area contributed by atoms with Crippen LogP contribution in [0, 0.1) is 6.92 Å². The Hall–Kier alpha value is -1.92. The number of hydrogen-bond acceptors (Lipinski definition) is 5. The molecule has 0 saturated carbocycles. The Labute approximate surface area is 162 Å². The van der Waals surface area contributed by atoms with Gasteiger partial charge in [0.15, 0.2) is 0 Å². The number of rotatable bonds is 7. The van der Waals surface area contributed by atoms with Crippen molar-refractivity contribution in [3.05, 3.63) is 52.7 Å². The molecule has 4 nitrogen and oxygen atoms in total. The lowest BCUT2D eigenvalue weighted by atomic mass is 10.2. The number of carbonyl (C=O) groups excluding carboxylic acids is 1. The molecule has 2 heterocycles. The molecule has 136 valence electrons. The Morgan fingerprint density at radius 1 is 1.19 bits per heavy atom. The van der Waals surface area contributed by atoms with Gasteiger partial charge in [0, 0.05) is 23.4 Å². The van der Waals surface area contributed by atoms with E-state index in [1.807, 2.05) is 36.9 Å². The molecule has 0 bridgehead atoms. The van der Waals surface area contributed by atoms with Crippen molar-refractivity contribution in [1.29, 1.82) is 0 Å². The summed E-state index contributed by atoms with van der Waals surface area (Å²) in [6, 6.07) is 12.3. The first-order valence-electron chi connectivity index (χ1n) is 8.82. The van der Waals surface area contributed by atoms with Crippen LogP contribution in [0.1, 0.15) is 30.1 Å². The fourth-order valence-electron chi connectivity index (χ4n) is 2.73. The standard InChI is InChI=1S/C20H23N3OS2/c1-4-16-11-17-19(21-14(3)22-20(17)26-16)25-13-18(24)23(5-2)12-15-9-7-6-8-10-15/h6-11H,4-5,12-13H2,1-3H3. The number of aryl methyl sites for hydroxylation is 2. The minimum atomic E-state index is 0.136. The second kappa shape index (κ2) is 8.64. The van der Waals surface area contributed by atoms with E-state index >= 15 is 0 Å². The summed E-state index contributed by atoms with van der Waals surface area (Å²) in [6.07, 6.45) is 0.990. The van der Waals surface area contributed by atoms with Gasteiger partial charge in [-0.2, -0.15) is 0 Å². The maximum absolute atomic E-state index is 12.7. The van der Waals surface area contributed by atoms with Crippen LogP contribution in [0.4, 0.5) is 0 Å². The van der Waals surface area contributed by atoms with E-state index in [0.717, 1.165) is 33.1 Å². The van der Waals surface area contributed by atoms with Crippen molar-refractivity contribution in [2.45, 2.75) is 38.8 Å². The molecule has 2 aromatic heterocycles. The molecule has 6 heteroatoms. The Morgan fingerprint density at radius 2 is 1.96 bits per heavy atom. The highest BCUT2D eigenvalue weighted by molar-refractivity contribution is 8.00. The highest BCUT2D eigenvalue weighted by Gasteiger charge is 2.16. The molecule has 0 aliphatic rings. The average molecular weight is 386 g/mol. The highest BCUT2D eigenvalue weighted by atomic mass is 32.2. The van der Waals surface area contributed by atoms with Crippen molar-refractivity contribution in [2.24, 2.45) is 0 Å². The zero-order valence-electron chi connectivity index (χ0n) is 15.4. The number of aromatic nitrogens is 2. The predicted molar refractivity (Wildman–Crippen MR) is 110 cm³/mol. The second-order valence-electron chi connectivity index (χ2n) is 6.04. The molecule has 1 amide bonds. The number of fused-ring (bicyclic) bond motifs is 1. The summed E-state index contributed by atoms with van der Waals surface area (Å²) in [5.74, 6) is 1.29. The van der Waals surface area contributed by atoms with Gasteiger partial charge in [0.25, 0.3) is 0 Å². The molecule has 3 rings (SSSR count). The molecule has 0 aliphatic heterocycles. The van der Waals surface area contributed by atoms with Crippen molar-refractivity contribution in [1.82, 2.24) is 14.9 Å². The van der Waals surface area contributed by atoms with Gasteiger partial charge < -0.3 is 4.90 Å². The van der Waals surface area contributed by atoms with Crippen molar-refractivity contribution >= 4 is 39.2 Å². The van der Waals surface area contributed by atoms with Crippen LogP contribution in [0.3, 0.4) is 0 Å². The lowest BCUT2D eigenvalue weighted by molar-refractivity contribution is -0.128. The zero-order valence-corrected chi connectivity index (χ0v) is 17.0. The summed E-state index contributed by atoms with van der Waals surface area (Å²) in [5.41, 5.74) is 1.15. The first kappa shape index (κ1) is 18.9. The van der Waals surface area contributed by atoms with Gasteiger partial charge in [-0.05, 0) is 31.9 Å². The normalized spacial score (nSPS) is 11.0. The van der Waals surface area contributed by atoms with E-state index in [9.17, 15) is 4.79 Å². The summed E-state index contributed by atoms with van der Waals surface area (Å²) in [5, 5.41) is 1.98.